The molecule has 1 heterocycles. The largest absolute Gasteiger partial charge is 0.293 e. The predicted molar refractivity (Wildman–Crippen MR) is 54.1 cm³/mol. The molecule has 2 N–H and O–H groups in total. The van der Waals surface area contributed by atoms with Crippen LogP contribution in [0.1, 0.15) is 12.2 Å². The van der Waals surface area contributed by atoms with E-state index in [0.29, 0.717) is 5.82 Å². The number of sulfone groups is 1. The Morgan fingerprint density at radius 2 is 2.20 bits per heavy atom. The number of aromatic amines is 1. The maximum Gasteiger partial charge on any atom is 0.248 e. The second-order valence-corrected chi connectivity index (χ2v) is 5.43. The zero-order chi connectivity index (χ0) is 11.5. The molecule has 7 nitrogen and oxygen atoms in total. The fourth-order valence-electron chi connectivity index (χ4n) is 0.864. The molecule has 0 aliphatic heterocycles. The molecule has 0 bridgehead atoms. The fraction of sp³-hybridized carbons (Fsp3) is 0.571. The lowest BCUT2D eigenvalue weighted by Crippen LogP contribution is -2.17. The molecule has 1 aromatic rings. The van der Waals surface area contributed by atoms with E-state index in [4.69, 9.17) is 0 Å². The number of amides is 1. The quantitative estimate of drug-likeness (QED) is 0.727. The third-order valence-electron chi connectivity index (χ3n) is 1.55. The van der Waals surface area contributed by atoms with E-state index in [1.807, 2.05) is 0 Å². The number of hydrogen-bond acceptors (Lipinski definition) is 5. The highest BCUT2D eigenvalue weighted by Crippen LogP contribution is 1.98. The van der Waals surface area contributed by atoms with Gasteiger partial charge in [0.25, 0.3) is 0 Å². The predicted octanol–water partition coefficient (Wildman–Crippen LogP) is -0.514. The van der Waals surface area contributed by atoms with Gasteiger partial charge in [-0.3, -0.25) is 15.2 Å². The Bertz CT molecular complexity index is 451. The molecule has 0 saturated heterocycles. The lowest BCUT2D eigenvalue weighted by molar-refractivity contribution is -0.115. The minimum Gasteiger partial charge on any atom is -0.293 e. The molecule has 8 heteroatoms. The number of carbonyl (C=O) groups is 1. The van der Waals surface area contributed by atoms with Crippen LogP contribution in [0.4, 0.5) is 5.95 Å². The molecule has 0 aromatic carbocycles. The standard InChI is InChI=1S/C7H12N4O3S/c1-5-8-7(11-10-5)9-6(12)3-4-15(2,13)14/h3-4H2,1-2H3,(H2,8,9,10,11,12). The number of aryl methyl sites for hydroxylation is 1. The van der Waals surface area contributed by atoms with Crippen molar-refractivity contribution in [3.05, 3.63) is 5.82 Å². The van der Waals surface area contributed by atoms with E-state index in [-0.39, 0.29) is 18.1 Å². The van der Waals surface area contributed by atoms with Gasteiger partial charge in [-0.05, 0) is 6.92 Å². The van der Waals surface area contributed by atoms with E-state index in [9.17, 15) is 13.2 Å². The second-order valence-electron chi connectivity index (χ2n) is 3.17. The molecular formula is C7H12N4O3S. The van der Waals surface area contributed by atoms with E-state index in [2.05, 4.69) is 20.5 Å². The molecule has 1 rings (SSSR count). The zero-order valence-corrected chi connectivity index (χ0v) is 9.26. The van der Waals surface area contributed by atoms with E-state index in [1.54, 1.807) is 6.92 Å². The third-order valence-corrected chi connectivity index (χ3v) is 2.49. The maximum atomic E-state index is 11.2. The molecule has 0 spiro atoms. The van der Waals surface area contributed by atoms with Crippen molar-refractivity contribution in [2.24, 2.45) is 0 Å². The minimum absolute atomic E-state index is 0.0909. The van der Waals surface area contributed by atoms with Crippen LogP contribution in [0.2, 0.25) is 0 Å². The van der Waals surface area contributed by atoms with Crippen LogP contribution in [-0.4, -0.2) is 41.5 Å². The van der Waals surface area contributed by atoms with Crippen LogP contribution in [0, 0.1) is 6.92 Å². The molecule has 15 heavy (non-hydrogen) atoms. The number of nitrogens with one attached hydrogen (secondary N) is 2. The van der Waals surface area contributed by atoms with Gasteiger partial charge >= 0.3 is 0 Å². The highest BCUT2D eigenvalue weighted by Gasteiger charge is 2.09. The van der Waals surface area contributed by atoms with Crippen molar-refractivity contribution in [1.82, 2.24) is 15.2 Å². The Balaban J connectivity index is 2.44. The molecule has 0 saturated carbocycles. The number of carbonyl (C=O) groups excluding carboxylic acids is 1. The number of rotatable bonds is 4. The van der Waals surface area contributed by atoms with E-state index in [0.717, 1.165) is 6.26 Å². The van der Waals surface area contributed by atoms with E-state index < -0.39 is 15.7 Å². The molecule has 0 radical (unpaired) electrons. The van der Waals surface area contributed by atoms with Crippen molar-refractivity contribution in [3.63, 3.8) is 0 Å². The number of hydrogen-bond donors (Lipinski definition) is 2. The van der Waals surface area contributed by atoms with Gasteiger partial charge in [-0.1, -0.05) is 0 Å². The Kier molecular flexibility index (Phi) is 3.40. The van der Waals surface area contributed by atoms with Crippen LogP contribution in [-0.2, 0) is 14.6 Å². The van der Waals surface area contributed by atoms with Crippen molar-refractivity contribution >= 4 is 21.7 Å². The average molecular weight is 232 g/mol. The van der Waals surface area contributed by atoms with Crippen LogP contribution in [0.25, 0.3) is 0 Å². The van der Waals surface area contributed by atoms with Crippen LogP contribution in [0.5, 0.6) is 0 Å². The summed E-state index contributed by atoms with van der Waals surface area (Å²) in [6.45, 7) is 1.69. The molecule has 84 valence electrons. The van der Waals surface area contributed by atoms with Crippen LogP contribution in [0.3, 0.4) is 0 Å². The second kappa shape index (κ2) is 4.39. The molecule has 0 aliphatic rings. The fourth-order valence-corrected chi connectivity index (χ4v) is 1.42. The Morgan fingerprint density at radius 3 is 2.67 bits per heavy atom. The topological polar surface area (TPSA) is 105 Å². The Labute approximate surface area is 87.2 Å². The zero-order valence-electron chi connectivity index (χ0n) is 8.44. The van der Waals surface area contributed by atoms with Crippen molar-refractivity contribution < 1.29 is 13.2 Å². The lowest BCUT2D eigenvalue weighted by Gasteiger charge is -1.99. The SMILES string of the molecule is Cc1nc(NC(=O)CCS(C)(=O)=O)n[nH]1. The Morgan fingerprint density at radius 1 is 1.53 bits per heavy atom. The summed E-state index contributed by atoms with van der Waals surface area (Å²) in [7, 11) is -3.12. The van der Waals surface area contributed by atoms with Gasteiger partial charge in [0.2, 0.25) is 11.9 Å². The van der Waals surface area contributed by atoms with Crippen molar-refractivity contribution in [3.8, 4) is 0 Å². The number of aromatic nitrogens is 3. The van der Waals surface area contributed by atoms with Gasteiger partial charge in [-0.15, -0.1) is 5.10 Å². The van der Waals surface area contributed by atoms with E-state index in [1.165, 1.54) is 0 Å². The molecule has 0 atom stereocenters. The lowest BCUT2D eigenvalue weighted by atomic mass is 10.4. The minimum atomic E-state index is -3.12. The van der Waals surface area contributed by atoms with Gasteiger partial charge in [0.1, 0.15) is 15.7 Å². The summed E-state index contributed by atoms with van der Waals surface area (Å²) in [5, 5.41) is 8.61. The van der Waals surface area contributed by atoms with Crippen molar-refractivity contribution in [1.29, 1.82) is 0 Å². The van der Waals surface area contributed by atoms with Crippen molar-refractivity contribution in [2.45, 2.75) is 13.3 Å². The van der Waals surface area contributed by atoms with Gasteiger partial charge in [0.05, 0.1) is 5.75 Å². The maximum absolute atomic E-state index is 11.2. The third kappa shape index (κ3) is 4.54. The number of anilines is 1. The monoisotopic (exact) mass is 232 g/mol. The number of nitrogens with zero attached hydrogens (tertiary/aromatic N) is 2. The molecule has 0 aliphatic carbocycles. The summed E-state index contributed by atoms with van der Waals surface area (Å²) < 4.78 is 21.5. The molecule has 0 fully saturated rings. The molecule has 0 unspecified atom stereocenters. The average Bonchev–Trinajstić information content (AvgIpc) is 2.47. The highest BCUT2D eigenvalue weighted by molar-refractivity contribution is 7.90. The summed E-state index contributed by atoms with van der Waals surface area (Å²) >= 11 is 0. The summed E-state index contributed by atoms with van der Waals surface area (Å²) in [5.74, 6) is 0.140. The van der Waals surface area contributed by atoms with Gasteiger partial charge in [-0.25, -0.2) is 8.42 Å². The van der Waals surface area contributed by atoms with Gasteiger partial charge in [0.15, 0.2) is 0 Å². The van der Waals surface area contributed by atoms with Crippen LogP contribution >= 0.6 is 0 Å². The Hall–Kier alpha value is -1.44. The first kappa shape index (κ1) is 11.6. The highest BCUT2D eigenvalue weighted by atomic mass is 32.2. The van der Waals surface area contributed by atoms with Crippen LogP contribution in [0.15, 0.2) is 0 Å². The first-order valence-corrected chi connectivity index (χ1v) is 6.29. The molecule has 1 amide bonds. The molecular weight excluding hydrogens is 220 g/mol. The van der Waals surface area contributed by atoms with Gasteiger partial charge in [0, 0.05) is 12.7 Å². The van der Waals surface area contributed by atoms with Gasteiger partial charge in [-0.2, -0.15) is 4.98 Å². The summed E-state index contributed by atoms with van der Waals surface area (Å²) in [6.07, 6.45) is 0.990. The summed E-state index contributed by atoms with van der Waals surface area (Å²) in [4.78, 5) is 15.0. The normalized spacial score (nSPS) is 11.3. The molecule has 1 aromatic heterocycles. The first-order chi connectivity index (χ1) is 6.87. The number of H-pyrrole nitrogens is 1. The summed E-state index contributed by atoms with van der Waals surface area (Å²) in [6, 6.07) is 0. The smallest absolute Gasteiger partial charge is 0.248 e. The van der Waals surface area contributed by atoms with Crippen molar-refractivity contribution in [2.75, 3.05) is 17.3 Å². The summed E-state index contributed by atoms with van der Waals surface area (Å²) in [5.41, 5.74) is 0. The van der Waals surface area contributed by atoms with Crippen LogP contribution < -0.4 is 5.32 Å². The first-order valence-electron chi connectivity index (χ1n) is 4.23. The van der Waals surface area contributed by atoms with E-state index >= 15 is 0 Å². The van der Waals surface area contributed by atoms with Gasteiger partial charge < -0.3 is 0 Å².